The number of phenols is 1. The maximum atomic E-state index is 14.1. The number of rotatable bonds is 11. The second-order valence-corrected chi connectivity index (χ2v) is 13.3. The monoisotopic (exact) mass is 741 g/mol. The largest absolute Gasteiger partial charge is 0.508 e. The van der Waals surface area contributed by atoms with Gasteiger partial charge in [0, 0.05) is 37.1 Å². The molecule has 4 amide bonds. The zero-order chi connectivity index (χ0) is 38.8. The standard InChI is InChI=1S/C38H47N9O7/c1-3-47-20-29(34(50)33-35(47)42-22(2)19-41-33)37(52)43-24-9-12-31-28(17-24)36(51)45-26(16-23-7-10-27(48)11-8-23)18-32(49)46-30(13-15-40)38(53)44-25(21-54-31)6-4-5-14-39/h7-12,17,19-20,25-26,30,48H,3-6,13-16,18,21,39-40H2,1-2H3,(H,43,52)(H,44,53)(H,45,51)(H,46,49)/t25-,26+,30+/m1/s1. The summed E-state index contributed by atoms with van der Waals surface area (Å²) in [6.45, 7) is 4.64. The molecule has 0 fully saturated rings. The van der Waals surface area contributed by atoms with E-state index in [-0.39, 0.29) is 66.2 Å². The number of fused-ring (bicyclic) bond motifs is 2. The predicted molar refractivity (Wildman–Crippen MR) is 202 cm³/mol. The number of ether oxygens (including phenoxy) is 1. The van der Waals surface area contributed by atoms with Crippen molar-refractivity contribution in [2.24, 2.45) is 11.5 Å². The minimum atomic E-state index is -0.911. The number of nitrogens with one attached hydrogen (secondary N) is 4. The molecule has 3 atom stereocenters. The smallest absolute Gasteiger partial charge is 0.261 e. The normalized spacial score (nSPS) is 18.1. The summed E-state index contributed by atoms with van der Waals surface area (Å²) < 4.78 is 7.87. The van der Waals surface area contributed by atoms with Gasteiger partial charge in [0.15, 0.2) is 11.2 Å². The second kappa shape index (κ2) is 18.3. The lowest BCUT2D eigenvalue weighted by Gasteiger charge is -2.26. The molecule has 2 aromatic heterocycles. The second-order valence-electron chi connectivity index (χ2n) is 13.3. The first-order chi connectivity index (χ1) is 26.0. The summed E-state index contributed by atoms with van der Waals surface area (Å²) in [4.78, 5) is 76.6. The number of aromatic hydroxyl groups is 1. The number of benzene rings is 2. The highest BCUT2D eigenvalue weighted by molar-refractivity contribution is 6.06. The minimum absolute atomic E-state index is 0.0172. The van der Waals surface area contributed by atoms with Crippen LogP contribution in [0.3, 0.4) is 0 Å². The summed E-state index contributed by atoms with van der Waals surface area (Å²) >= 11 is 0. The van der Waals surface area contributed by atoms with Crippen LogP contribution >= 0.6 is 0 Å². The molecule has 286 valence electrons. The van der Waals surface area contributed by atoms with E-state index in [0.717, 1.165) is 5.56 Å². The van der Waals surface area contributed by atoms with Crippen LogP contribution in [-0.4, -0.2) is 81.1 Å². The summed E-state index contributed by atoms with van der Waals surface area (Å²) in [5.74, 6) is -1.98. The van der Waals surface area contributed by atoms with Gasteiger partial charge in [-0.1, -0.05) is 18.6 Å². The SMILES string of the molecule is CCn1cc(C(=O)Nc2ccc3c(c2)C(=O)N[C@@H](Cc2ccc(O)cc2)CC(=O)N[C@@H](CCN)C(=O)N[C@H](CCCCN)CO3)c(=O)c2ncc(C)nc21. The minimum Gasteiger partial charge on any atom is -0.508 e. The zero-order valence-corrected chi connectivity index (χ0v) is 30.4. The highest BCUT2D eigenvalue weighted by Crippen LogP contribution is 2.25. The molecular formula is C38H47N9O7. The summed E-state index contributed by atoms with van der Waals surface area (Å²) in [6, 6.07) is 8.67. The van der Waals surface area contributed by atoms with Crippen molar-refractivity contribution in [2.45, 2.75) is 77.0 Å². The maximum Gasteiger partial charge on any atom is 0.261 e. The van der Waals surface area contributed by atoms with E-state index in [1.54, 1.807) is 23.6 Å². The number of carbonyl (C=O) groups is 4. The fourth-order valence-corrected chi connectivity index (χ4v) is 6.23. The van der Waals surface area contributed by atoms with E-state index in [4.69, 9.17) is 16.2 Å². The number of amides is 4. The van der Waals surface area contributed by atoms with Crippen LogP contribution in [0, 0.1) is 6.92 Å². The van der Waals surface area contributed by atoms with Crippen LogP contribution in [0.1, 0.15) is 71.0 Å². The molecular weight excluding hydrogens is 694 g/mol. The van der Waals surface area contributed by atoms with Crippen LogP contribution < -0.4 is 42.9 Å². The third-order valence-electron chi connectivity index (χ3n) is 9.04. The average molecular weight is 742 g/mol. The Morgan fingerprint density at radius 2 is 1.78 bits per heavy atom. The predicted octanol–water partition coefficient (Wildman–Crippen LogP) is 1.65. The Bertz CT molecular complexity index is 2050. The van der Waals surface area contributed by atoms with Gasteiger partial charge in [0.2, 0.25) is 17.2 Å². The molecule has 1 aliphatic rings. The lowest BCUT2D eigenvalue weighted by atomic mass is 10.0. The molecule has 16 heteroatoms. The number of nitrogens with zero attached hydrogens (tertiary/aromatic N) is 3. The van der Waals surface area contributed by atoms with Crippen molar-refractivity contribution >= 4 is 40.5 Å². The Morgan fingerprint density at radius 3 is 2.50 bits per heavy atom. The molecule has 0 unspecified atom stereocenters. The summed E-state index contributed by atoms with van der Waals surface area (Å²) in [6.07, 6.45) is 5.02. The van der Waals surface area contributed by atoms with Crippen LogP contribution in [0.4, 0.5) is 5.69 Å². The number of nitrogens with two attached hydrogens (primary N) is 2. The number of hydrogen-bond donors (Lipinski definition) is 7. The molecule has 2 aromatic carbocycles. The third-order valence-corrected chi connectivity index (χ3v) is 9.04. The van der Waals surface area contributed by atoms with Crippen LogP contribution in [-0.2, 0) is 22.6 Å². The van der Waals surface area contributed by atoms with E-state index in [2.05, 4.69) is 31.2 Å². The van der Waals surface area contributed by atoms with Gasteiger partial charge >= 0.3 is 0 Å². The van der Waals surface area contributed by atoms with Gasteiger partial charge in [-0.05, 0) is 88.5 Å². The number of hydrogen-bond acceptors (Lipinski definition) is 11. The topological polar surface area (TPSA) is 246 Å². The molecule has 54 heavy (non-hydrogen) atoms. The van der Waals surface area contributed by atoms with Crippen molar-refractivity contribution in [3.8, 4) is 11.5 Å². The number of phenolic OH excluding ortho intramolecular Hbond substituents is 1. The van der Waals surface area contributed by atoms with Gasteiger partial charge in [0.25, 0.3) is 11.8 Å². The summed E-state index contributed by atoms with van der Waals surface area (Å²) in [5, 5.41) is 21.2. The van der Waals surface area contributed by atoms with Crippen LogP contribution in [0.2, 0.25) is 0 Å². The molecule has 0 aliphatic carbocycles. The quantitative estimate of drug-likeness (QED) is 0.109. The van der Waals surface area contributed by atoms with Crippen molar-refractivity contribution in [1.29, 1.82) is 0 Å². The summed E-state index contributed by atoms with van der Waals surface area (Å²) in [5.41, 5.74) is 12.8. The number of aryl methyl sites for hydroxylation is 2. The maximum absolute atomic E-state index is 14.1. The van der Waals surface area contributed by atoms with Crippen LogP contribution in [0.15, 0.2) is 59.7 Å². The van der Waals surface area contributed by atoms with Gasteiger partial charge in [-0.25, -0.2) is 9.97 Å². The van der Waals surface area contributed by atoms with Crippen molar-refractivity contribution in [1.82, 2.24) is 30.5 Å². The molecule has 3 heterocycles. The van der Waals surface area contributed by atoms with Gasteiger partial charge < -0.3 is 47.1 Å². The summed E-state index contributed by atoms with van der Waals surface area (Å²) in [7, 11) is 0. The lowest BCUT2D eigenvalue weighted by Crippen LogP contribution is -2.53. The molecule has 0 bridgehead atoms. The Labute approximate surface area is 312 Å². The highest BCUT2D eigenvalue weighted by atomic mass is 16.5. The van der Waals surface area contributed by atoms with Crippen molar-refractivity contribution in [3.63, 3.8) is 0 Å². The number of aromatic nitrogens is 3. The molecule has 0 radical (unpaired) electrons. The molecule has 9 N–H and O–H groups in total. The van der Waals surface area contributed by atoms with E-state index in [1.165, 1.54) is 42.7 Å². The Kier molecular flexibility index (Phi) is 13.3. The average Bonchev–Trinajstić information content (AvgIpc) is 3.14. The van der Waals surface area contributed by atoms with Crippen molar-refractivity contribution in [3.05, 3.63) is 87.5 Å². The number of unbranched alkanes of at least 4 members (excludes halogenated alkanes) is 1. The fraction of sp³-hybridized carbons (Fsp3) is 0.395. The first kappa shape index (κ1) is 39.3. The number of carbonyl (C=O) groups excluding carboxylic acids is 4. The Morgan fingerprint density at radius 1 is 1.00 bits per heavy atom. The van der Waals surface area contributed by atoms with E-state index < -0.39 is 47.2 Å². The molecule has 4 aromatic rings. The molecule has 5 rings (SSSR count). The first-order valence-corrected chi connectivity index (χ1v) is 18.0. The van der Waals surface area contributed by atoms with Gasteiger partial charge in [0.1, 0.15) is 29.7 Å². The van der Waals surface area contributed by atoms with Gasteiger partial charge in [-0.15, -0.1) is 0 Å². The Balaban J connectivity index is 1.50. The zero-order valence-electron chi connectivity index (χ0n) is 30.4. The van der Waals surface area contributed by atoms with E-state index in [9.17, 15) is 29.1 Å². The number of pyridine rings is 1. The van der Waals surface area contributed by atoms with Crippen LogP contribution in [0.25, 0.3) is 11.2 Å². The fourth-order valence-electron chi connectivity index (χ4n) is 6.23. The first-order valence-electron chi connectivity index (χ1n) is 18.0. The van der Waals surface area contributed by atoms with E-state index >= 15 is 0 Å². The molecule has 0 saturated carbocycles. The molecule has 0 spiro atoms. The molecule has 16 nitrogen and oxygen atoms in total. The van der Waals surface area contributed by atoms with E-state index in [1.807, 2.05) is 6.92 Å². The van der Waals surface area contributed by atoms with Gasteiger partial charge in [-0.3, -0.25) is 24.0 Å². The van der Waals surface area contributed by atoms with Gasteiger partial charge in [0.05, 0.1) is 17.3 Å². The highest BCUT2D eigenvalue weighted by Gasteiger charge is 2.28. The lowest BCUT2D eigenvalue weighted by molar-refractivity contribution is -0.130. The Hall–Kier alpha value is -5.87. The van der Waals surface area contributed by atoms with E-state index in [0.29, 0.717) is 43.7 Å². The van der Waals surface area contributed by atoms with Gasteiger partial charge in [-0.2, -0.15) is 0 Å². The van der Waals surface area contributed by atoms with Crippen molar-refractivity contribution in [2.75, 3.05) is 25.0 Å². The third kappa shape index (κ3) is 9.96. The van der Waals surface area contributed by atoms with Crippen molar-refractivity contribution < 1.29 is 29.0 Å². The molecule has 1 aliphatic heterocycles. The van der Waals surface area contributed by atoms with Crippen LogP contribution in [0.5, 0.6) is 11.5 Å². The number of anilines is 1. The molecule has 0 saturated heterocycles.